The van der Waals surface area contributed by atoms with Crippen molar-refractivity contribution >= 4 is 56.8 Å². The average Bonchev–Trinajstić information content (AvgIpc) is 3.60. The molecule has 1 aliphatic carbocycles. The standard InChI is InChI=1S/C52H54N2O8/c1-7-9-31-53-39-23-19-33-15-11-13-17-35(33)43(39)49(3,4)41(53)25-21-37-45(55)59-51(60-46(37)56)27-29-52(30-28-51)61-47(57)38(48(58)62-52)22-26-42-50(5,6)44-36-18-14-12-16-34(36)20-24-40(44)54(42)32-10-8-2/h11-26H,7-10,27-32H2,1-6H3. The van der Waals surface area contributed by atoms with Crippen LogP contribution in [0.2, 0.25) is 0 Å². The molecule has 9 rings (SSSR count). The van der Waals surface area contributed by atoms with E-state index in [9.17, 15) is 19.2 Å². The van der Waals surface area contributed by atoms with Gasteiger partial charge in [0.25, 0.3) is 11.6 Å². The minimum atomic E-state index is -1.58. The highest BCUT2D eigenvalue weighted by Gasteiger charge is 2.57. The van der Waals surface area contributed by atoms with E-state index in [2.05, 4.69) is 99.9 Å². The average molecular weight is 835 g/mol. The molecule has 5 aliphatic rings. The van der Waals surface area contributed by atoms with Crippen LogP contribution in [0.4, 0.5) is 11.4 Å². The van der Waals surface area contributed by atoms with Gasteiger partial charge in [-0.05, 0) is 82.0 Å². The van der Waals surface area contributed by atoms with Crippen molar-refractivity contribution in [3.8, 4) is 0 Å². The second-order valence-corrected chi connectivity index (χ2v) is 18.3. The summed E-state index contributed by atoms with van der Waals surface area (Å²) in [6.07, 6.45) is 10.6. The van der Waals surface area contributed by atoms with Crippen molar-refractivity contribution in [1.82, 2.24) is 0 Å². The summed E-state index contributed by atoms with van der Waals surface area (Å²) in [4.78, 5) is 59.1. The summed E-state index contributed by atoms with van der Waals surface area (Å²) in [6, 6.07) is 25.2. The molecule has 0 atom stereocenters. The van der Waals surface area contributed by atoms with E-state index in [0.717, 1.165) is 72.3 Å². The molecule has 4 aromatic carbocycles. The lowest BCUT2D eigenvalue weighted by Gasteiger charge is -2.46. The molecular formula is C52H54N2O8. The van der Waals surface area contributed by atoms with Crippen molar-refractivity contribution in [3.63, 3.8) is 0 Å². The van der Waals surface area contributed by atoms with E-state index in [1.54, 1.807) is 0 Å². The molecule has 0 radical (unpaired) electrons. The first kappa shape index (κ1) is 41.2. The highest BCUT2D eigenvalue weighted by Crippen LogP contribution is 2.53. The number of allylic oxidation sites excluding steroid dienone is 6. The van der Waals surface area contributed by atoms with Crippen LogP contribution in [0.5, 0.6) is 0 Å². The Kier molecular flexibility index (Phi) is 10.2. The molecule has 3 fully saturated rings. The Morgan fingerprint density at radius 2 is 0.855 bits per heavy atom. The van der Waals surface area contributed by atoms with Gasteiger partial charge in [-0.25, -0.2) is 19.2 Å². The van der Waals surface area contributed by atoms with Crippen LogP contribution in [-0.2, 0) is 49.0 Å². The van der Waals surface area contributed by atoms with Gasteiger partial charge in [0.1, 0.15) is 11.1 Å². The van der Waals surface area contributed by atoms with Gasteiger partial charge in [-0.15, -0.1) is 0 Å². The van der Waals surface area contributed by atoms with Crippen molar-refractivity contribution in [2.75, 3.05) is 22.9 Å². The highest BCUT2D eigenvalue weighted by molar-refractivity contribution is 6.16. The van der Waals surface area contributed by atoms with E-state index < -0.39 is 46.3 Å². The van der Waals surface area contributed by atoms with Gasteiger partial charge in [0.05, 0.1) is 0 Å². The molecule has 2 saturated heterocycles. The highest BCUT2D eigenvalue weighted by atomic mass is 16.8. The summed E-state index contributed by atoms with van der Waals surface area (Å²) in [5.74, 6) is -6.31. The molecule has 1 saturated carbocycles. The zero-order valence-corrected chi connectivity index (χ0v) is 36.5. The number of rotatable bonds is 8. The van der Waals surface area contributed by atoms with Crippen LogP contribution in [0, 0.1) is 0 Å². The predicted octanol–water partition coefficient (Wildman–Crippen LogP) is 10.3. The topological polar surface area (TPSA) is 112 Å². The van der Waals surface area contributed by atoms with Gasteiger partial charge in [0.15, 0.2) is 0 Å². The molecule has 0 amide bonds. The lowest BCUT2D eigenvalue weighted by Crippen LogP contribution is -2.56. The number of carbonyl (C=O) groups is 4. The number of ether oxygens (including phenoxy) is 4. The Balaban J connectivity index is 0.909. The van der Waals surface area contributed by atoms with Crippen molar-refractivity contribution in [3.05, 3.63) is 131 Å². The molecule has 4 aromatic rings. The maximum Gasteiger partial charge on any atom is 0.348 e. The summed E-state index contributed by atoms with van der Waals surface area (Å²) >= 11 is 0. The molecule has 62 heavy (non-hydrogen) atoms. The zero-order chi connectivity index (χ0) is 43.6. The number of hydrogen-bond acceptors (Lipinski definition) is 10. The third-order valence-electron chi connectivity index (χ3n) is 13.6. The van der Waals surface area contributed by atoms with Gasteiger partial charge in [0, 0.05) is 72.4 Å². The molecule has 0 bridgehead atoms. The largest absolute Gasteiger partial charge is 0.419 e. The first-order chi connectivity index (χ1) is 29.7. The van der Waals surface area contributed by atoms with E-state index >= 15 is 0 Å². The number of unbranched alkanes of at least 4 members (excludes halogenated alkanes) is 2. The van der Waals surface area contributed by atoms with Crippen molar-refractivity contribution in [2.45, 2.75) is 115 Å². The number of nitrogens with zero attached hydrogens (tertiary/aromatic N) is 2. The van der Waals surface area contributed by atoms with Crippen molar-refractivity contribution < 1.29 is 38.1 Å². The van der Waals surface area contributed by atoms with E-state index in [-0.39, 0.29) is 36.8 Å². The van der Waals surface area contributed by atoms with Gasteiger partial charge >= 0.3 is 23.9 Å². The Morgan fingerprint density at radius 3 is 1.21 bits per heavy atom. The van der Waals surface area contributed by atoms with E-state index in [1.165, 1.54) is 34.1 Å². The molecule has 0 N–H and O–H groups in total. The molecule has 10 nitrogen and oxygen atoms in total. The third kappa shape index (κ3) is 6.70. The Bertz CT molecular complexity index is 2450. The van der Waals surface area contributed by atoms with E-state index in [4.69, 9.17) is 18.9 Å². The number of anilines is 2. The molecule has 320 valence electrons. The van der Waals surface area contributed by atoms with Crippen LogP contribution in [0.1, 0.15) is 104 Å². The van der Waals surface area contributed by atoms with Gasteiger partial charge in [0.2, 0.25) is 0 Å². The van der Waals surface area contributed by atoms with Crippen LogP contribution < -0.4 is 9.80 Å². The van der Waals surface area contributed by atoms with Gasteiger partial charge in [-0.2, -0.15) is 0 Å². The Morgan fingerprint density at radius 1 is 0.500 bits per heavy atom. The maximum absolute atomic E-state index is 13.6. The fourth-order valence-corrected chi connectivity index (χ4v) is 10.3. The fourth-order valence-electron chi connectivity index (χ4n) is 10.3. The first-order valence-electron chi connectivity index (χ1n) is 22.1. The maximum atomic E-state index is 13.6. The van der Waals surface area contributed by atoms with Gasteiger partial charge in [-0.3, -0.25) is 0 Å². The molecule has 4 aliphatic heterocycles. The summed E-state index contributed by atoms with van der Waals surface area (Å²) < 4.78 is 23.6. The third-order valence-corrected chi connectivity index (χ3v) is 13.6. The molecule has 0 aromatic heterocycles. The van der Waals surface area contributed by atoms with Gasteiger partial charge < -0.3 is 28.7 Å². The normalized spacial score (nSPS) is 25.1. The van der Waals surface area contributed by atoms with Gasteiger partial charge in [-0.1, -0.05) is 115 Å². The smallest absolute Gasteiger partial charge is 0.348 e. The monoisotopic (exact) mass is 834 g/mol. The summed E-state index contributed by atoms with van der Waals surface area (Å²) in [6.45, 7) is 14.5. The van der Waals surface area contributed by atoms with Crippen molar-refractivity contribution in [1.29, 1.82) is 0 Å². The molecule has 2 spiro atoms. The van der Waals surface area contributed by atoms with Crippen LogP contribution in [0.15, 0.2) is 120 Å². The van der Waals surface area contributed by atoms with Crippen LogP contribution in [-0.4, -0.2) is 48.5 Å². The second-order valence-electron chi connectivity index (χ2n) is 18.3. The number of carbonyl (C=O) groups excluding carboxylic acids is 4. The van der Waals surface area contributed by atoms with E-state index in [0.29, 0.717) is 0 Å². The minimum Gasteiger partial charge on any atom is -0.419 e. The fraction of sp³-hybridized carbons (Fsp3) is 0.385. The summed E-state index contributed by atoms with van der Waals surface area (Å²) in [5.41, 5.74) is 5.32. The lowest BCUT2D eigenvalue weighted by atomic mass is 9.81. The number of esters is 4. The zero-order valence-electron chi connectivity index (χ0n) is 36.5. The second kappa shape index (κ2) is 15.3. The number of benzene rings is 4. The van der Waals surface area contributed by atoms with Crippen molar-refractivity contribution in [2.24, 2.45) is 0 Å². The SMILES string of the molecule is CCCCN1C(=CC=C2C(=O)OC3(CCC4(CC3)OC(=O)C(=CC=C3N(CCCC)c5ccc6ccccc6c5C3(C)C)C(=O)O4)OC2=O)C(C)(C)c2c1ccc1ccccc21. The molecule has 4 heterocycles. The van der Waals surface area contributed by atoms with Crippen LogP contribution in [0.3, 0.4) is 0 Å². The lowest BCUT2D eigenvalue weighted by molar-refractivity contribution is -0.291. The molecule has 0 unspecified atom stereocenters. The van der Waals surface area contributed by atoms with Crippen LogP contribution in [0.25, 0.3) is 21.5 Å². The summed E-state index contributed by atoms with van der Waals surface area (Å²) in [5, 5.41) is 4.64. The summed E-state index contributed by atoms with van der Waals surface area (Å²) in [7, 11) is 0. The number of hydrogen-bond donors (Lipinski definition) is 0. The molecule has 10 heteroatoms. The first-order valence-corrected chi connectivity index (χ1v) is 22.1. The Hall–Kier alpha value is -6.16. The minimum absolute atomic E-state index is 0.0183. The predicted molar refractivity (Wildman–Crippen MR) is 239 cm³/mol. The Labute approximate surface area is 362 Å². The number of fused-ring (bicyclic) bond motifs is 6. The molecular weight excluding hydrogens is 781 g/mol. The van der Waals surface area contributed by atoms with Crippen LogP contribution >= 0.6 is 0 Å². The van der Waals surface area contributed by atoms with E-state index in [1.807, 2.05) is 36.4 Å². The quantitative estimate of drug-likeness (QED) is 0.0966.